The smallest absolute Gasteiger partial charge is 0.253 e. The van der Waals surface area contributed by atoms with Crippen LogP contribution < -0.4 is 15.4 Å². The zero-order valence-corrected chi connectivity index (χ0v) is 20.6. The Labute approximate surface area is 204 Å². The van der Waals surface area contributed by atoms with E-state index in [2.05, 4.69) is 24.5 Å². The van der Waals surface area contributed by atoms with Gasteiger partial charge < -0.3 is 20.3 Å². The summed E-state index contributed by atoms with van der Waals surface area (Å²) >= 11 is 0. The van der Waals surface area contributed by atoms with Gasteiger partial charge in [0.25, 0.3) is 5.91 Å². The summed E-state index contributed by atoms with van der Waals surface area (Å²) in [7, 11) is 0. The number of amides is 2. The van der Waals surface area contributed by atoms with E-state index in [9.17, 15) is 9.59 Å². The van der Waals surface area contributed by atoms with Gasteiger partial charge in [0.1, 0.15) is 5.75 Å². The standard InChI is InChI=1S/C28H39N3O3/c1-3-4-5-6-7-19-34-26-10-8-9-25(20-26)30-27(32)21-29-24-13-11-23(12-14-24)28(33)31-17-15-22(2)16-18-31/h8-14,20,22,29H,3-7,15-19,21H2,1-2H3,(H,30,32). The Kier molecular flexibility index (Phi) is 10.3. The number of anilines is 2. The molecule has 184 valence electrons. The second-order valence-corrected chi connectivity index (χ2v) is 9.24. The summed E-state index contributed by atoms with van der Waals surface area (Å²) in [6.45, 7) is 6.93. The lowest BCUT2D eigenvalue weighted by Gasteiger charge is -2.30. The summed E-state index contributed by atoms with van der Waals surface area (Å²) in [5, 5.41) is 6.03. The molecule has 2 amide bonds. The predicted octanol–water partition coefficient (Wildman–Crippen LogP) is 5.96. The number of piperidine rings is 1. The van der Waals surface area contributed by atoms with Crippen molar-refractivity contribution in [1.82, 2.24) is 4.90 Å². The van der Waals surface area contributed by atoms with E-state index < -0.39 is 0 Å². The highest BCUT2D eigenvalue weighted by atomic mass is 16.5. The lowest BCUT2D eigenvalue weighted by Crippen LogP contribution is -2.37. The third-order valence-corrected chi connectivity index (χ3v) is 6.29. The Hall–Kier alpha value is -3.02. The first-order valence-corrected chi connectivity index (χ1v) is 12.7. The molecule has 2 N–H and O–H groups in total. The number of rotatable bonds is 12. The van der Waals surface area contributed by atoms with Crippen LogP contribution in [-0.2, 0) is 4.79 Å². The van der Waals surface area contributed by atoms with E-state index in [1.807, 2.05) is 53.4 Å². The molecule has 1 aliphatic rings. The summed E-state index contributed by atoms with van der Waals surface area (Å²) < 4.78 is 5.82. The molecule has 0 unspecified atom stereocenters. The Morgan fingerprint density at radius 1 is 0.971 bits per heavy atom. The number of ether oxygens (including phenoxy) is 1. The first-order valence-electron chi connectivity index (χ1n) is 12.7. The molecule has 0 atom stereocenters. The summed E-state index contributed by atoms with van der Waals surface area (Å²) in [6.07, 6.45) is 8.12. The Balaban J connectivity index is 1.40. The minimum Gasteiger partial charge on any atom is -0.494 e. The van der Waals surface area contributed by atoms with Crippen molar-refractivity contribution in [2.24, 2.45) is 5.92 Å². The number of carbonyl (C=O) groups excluding carboxylic acids is 2. The van der Waals surface area contributed by atoms with Crippen molar-refractivity contribution in [2.75, 3.05) is 36.9 Å². The molecule has 2 aromatic rings. The topological polar surface area (TPSA) is 70.7 Å². The zero-order chi connectivity index (χ0) is 24.2. The van der Waals surface area contributed by atoms with Crippen LogP contribution in [0.1, 0.15) is 69.2 Å². The van der Waals surface area contributed by atoms with Gasteiger partial charge in [-0.05, 0) is 61.6 Å². The second-order valence-electron chi connectivity index (χ2n) is 9.24. The minimum atomic E-state index is -0.140. The van der Waals surface area contributed by atoms with Crippen LogP contribution in [0, 0.1) is 5.92 Å². The molecular formula is C28H39N3O3. The quantitative estimate of drug-likeness (QED) is 0.380. The van der Waals surface area contributed by atoms with Gasteiger partial charge in [-0.15, -0.1) is 0 Å². The molecule has 0 saturated carbocycles. The van der Waals surface area contributed by atoms with Crippen molar-refractivity contribution < 1.29 is 14.3 Å². The molecule has 0 radical (unpaired) electrons. The van der Waals surface area contributed by atoms with E-state index in [4.69, 9.17) is 4.74 Å². The number of benzene rings is 2. The van der Waals surface area contributed by atoms with Crippen LogP contribution >= 0.6 is 0 Å². The number of nitrogens with zero attached hydrogens (tertiary/aromatic N) is 1. The lowest BCUT2D eigenvalue weighted by atomic mass is 9.98. The van der Waals surface area contributed by atoms with Crippen molar-refractivity contribution in [3.8, 4) is 5.75 Å². The van der Waals surface area contributed by atoms with Crippen molar-refractivity contribution >= 4 is 23.2 Å². The van der Waals surface area contributed by atoms with Crippen LogP contribution in [0.2, 0.25) is 0 Å². The largest absolute Gasteiger partial charge is 0.494 e. The SMILES string of the molecule is CCCCCCCOc1cccc(NC(=O)CNc2ccc(C(=O)N3CCC(C)CC3)cc2)c1. The normalized spacial score (nSPS) is 14.0. The van der Waals surface area contributed by atoms with E-state index in [-0.39, 0.29) is 18.4 Å². The molecule has 1 fully saturated rings. The van der Waals surface area contributed by atoms with Crippen molar-refractivity contribution in [1.29, 1.82) is 0 Å². The summed E-state index contributed by atoms with van der Waals surface area (Å²) in [5.41, 5.74) is 2.21. The Morgan fingerprint density at radius 2 is 1.71 bits per heavy atom. The van der Waals surface area contributed by atoms with E-state index in [0.29, 0.717) is 23.8 Å². The molecule has 0 spiro atoms. The first-order chi connectivity index (χ1) is 16.5. The first kappa shape index (κ1) is 25.6. The summed E-state index contributed by atoms with van der Waals surface area (Å²) in [4.78, 5) is 27.0. The number of hydrogen-bond donors (Lipinski definition) is 2. The highest BCUT2D eigenvalue weighted by Crippen LogP contribution is 2.20. The molecule has 34 heavy (non-hydrogen) atoms. The average molecular weight is 466 g/mol. The Bertz CT molecular complexity index is 905. The molecule has 6 heteroatoms. The van der Waals surface area contributed by atoms with E-state index in [1.165, 1.54) is 25.7 Å². The van der Waals surface area contributed by atoms with Gasteiger partial charge in [-0.2, -0.15) is 0 Å². The van der Waals surface area contributed by atoms with Crippen molar-refractivity contribution in [3.63, 3.8) is 0 Å². The maximum atomic E-state index is 12.7. The number of carbonyl (C=O) groups is 2. The van der Waals surface area contributed by atoms with Crippen LogP contribution in [0.15, 0.2) is 48.5 Å². The molecule has 2 aromatic carbocycles. The molecule has 0 bridgehead atoms. The monoisotopic (exact) mass is 465 g/mol. The molecule has 6 nitrogen and oxygen atoms in total. The van der Waals surface area contributed by atoms with Gasteiger partial charge in [-0.25, -0.2) is 0 Å². The summed E-state index contributed by atoms with van der Waals surface area (Å²) in [6, 6.07) is 14.8. The number of unbranched alkanes of at least 4 members (excludes halogenated alkanes) is 4. The number of hydrogen-bond acceptors (Lipinski definition) is 4. The third-order valence-electron chi connectivity index (χ3n) is 6.29. The van der Waals surface area contributed by atoms with Crippen LogP contribution in [-0.4, -0.2) is 43.0 Å². The molecule has 3 rings (SSSR count). The fourth-order valence-corrected chi connectivity index (χ4v) is 4.07. The van der Waals surface area contributed by atoms with Crippen LogP contribution in [0.5, 0.6) is 5.75 Å². The molecule has 0 aliphatic carbocycles. The van der Waals surface area contributed by atoms with E-state index in [1.54, 1.807) is 0 Å². The molecule has 1 heterocycles. The maximum Gasteiger partial charge on any atom is 0.253 e. The van der Waals surface area contributed by atoms with Gasteiger partial charge in [-0.1, -0.05) is 45.6 Å². The third kappa shape index (κ3) is 8.40. The van der Waals surface area contributed by atoms with Gasteiger partial charge >= 0.3 is 0 Å². The van der Waals surface area contributed by atoms with Crippen LogP contribution in [0.25, 0.3) is 0 Å². The van der Waals surface area contributed by atoms with Gasteiger partial charge in [-0.3, -0.25) is 9.59 Å². The molecular weight excluding hydrogens is 426 g/mol. The van der Waals surface area contributed by atoms with Gasteiger partial charge in [0.05, 0.1) is 13.2 Å². The highest BCUT2D eigenvalue weighted by Gasteiger charge is 2.21. The summed E-state index contributed by atoms with van der Waals surface area (Å²) in [5.74, 6) is 1.40. The minimum absolute atomic E-state index is 0.0826. The fraction of sp³-hybridized carbons (Fsp3) is 0.500. The number of likely N-dealkylation sites (tertiary alicyclic amines) is 1. The Morgan fingerprint density at radius 3 is 2.44 bits per heavy atom. The molecule has 0 aromatic heterocycles. The fourth-order valence-electron chi connectivity index (χ4n) is 4.07. The van der Waals surface area contributed by atoms with Gasteiger partial charge in [0, 0.05) is 36.1 Å². The lowest BCUT2D eigenvalue weighted by molar-refractivity contribution is -0.114. The second kappa shape index (κ2) is 13.6. The van der Waals surface area contributed by atoms with E-state index >= 15 is 0 Å². The molecule has 1 saturated heterocycles. The van der Waals surface area contributed by atoms with E-state index in [0.717, 1.165) is 43.8 Å². The van der Waals surface area contributed by atoms with Crippen LogP contribution in [0.3, 0.4) is 0 Å². The highest BCUT2D eigenvalue weighted by molar-refractivity contribution is 5.95. The van der Waals surface area contributed by atoms with Crippen molar-refractivity contribution in [3.05, 3.63) is 54.1 Å². The number of nitrogens with one attached hydrogen (secondary N) is 2. The van der Waals surface area contributed by atoms with Crippen LogP contribution in [0.4, 0.5) is 11.4 Å². The zero-order valence-electron chi connectivity index (χ0n) is 20.6. The molecule has 1 aliphatic heterocycles. The average Bonchev–Trinajstić information content (AvgIpc) is 2.85. The van der Waals surface area contributed by atoms with Crippen molar-refractivity contribution in [2.45, 2.75) is 58.8 Å². The maximum absolute atomic E-state index is 12.7. The van der Waals surface area contributed by atoms with Gasteiger partial charge in [0.2, 0.25) is 5.91 Å². The predicted molar refractivity (Wildman–Crippen MR) is 139 cm³/mol. The van der Waals surface area contributed by atoms with Gasteiger partial charge in [0.15, 0.2) is 0 Å².